The van der Waals surface area contributed by atoms with Crippen LogP contribution in [0.4, 0.5) is 0 Å². The van der Waals surface area contributed by atoms with E-state index in [2.05, 4.69) is 0 Å². The molecule has 1 aromatic carbocycles. The summed E-state index contributed by atoms with van der Waals surface area (Å²) < 4.78 is 26.3. The molecule has 0 heterocycles. The van der Waals surface area contributed by atoms with Gasteiger partial charge in [0.25, 0.3) is 10.0 Å². The molecule has 81 valence electrons. The monoisotopic (exact) mass is 228 g/mol. The standard InChI is InChI=1S/C9H10NO4S/c1-2-14-9(11)7-3-5-8(6-4-7)15(10,12)13/h3-6,10H,2H2,1H3. The zero-order valence-electron chi connectivity index (χ0n) is 8.06. The predicted octanol–water partition coefficient (Wildman–Crippen LogP) is 0.835. The van der Waals surface area contributed by atoms with E-state index in [0.29, 0.717) is 0 Å². The highest BCUT2D eigenvalue weighted by Crippen LogP contribution is 2.10. The lowest BCUT2D eigenvalue weighted by Gasteiger charge is -2.02. The van der Waals surface area contributed by atoms with Crippen LogP contribution in [-0.2, 0) is 14.8 Å². The van der Waals surface area contributed by atoms with Crippen LogP contribution in [0.5, 0.6) is 0 Å². The van der Waals surface area contributed by atoms with E-state index in [1.54, 1.807) is 6.92 Å². The van der Waals surface area contributed by atoms with E-state index < -0.39 is 16.0 Å². The van der Waals surface area contributed by atoms with Crippen LogP contribution >= 0.6 is 0 Å². The second-order valence-electron chi connectivity index (χ2n) is 2.75. The number of carbonyl (C=O) groups excluding carboxylic acids is 1. The third kappa shape index (κ3) is 3.03. The number of esters is 1. The van der Waals surface area contributed by atoms with Gasteiger partial charge < -0.3 is 4.74 Å². The van der Waals surface area contributed by atoms with Gasteiger partial charge in [0.05, 0.1) is 17.1 Å². The molecule has 1 rings (SSSR count). The lowest BCUT2D eigenvalue weighted by Crippen LogP contribution is -2.06. The van der Waals surface area contributed by atoms with E-state index in [1.807, 2.05) is 0 Å². The summed E-state index contributed by atoms with van der Waals surface area (Å²) in [6.07, 6.45) is 0. The predicted molar refractivity (Wildman–Crippen MR) is 52.7 cm³/mol. The van der Waals surface area contributed by atoms with Gasteiger partial charge in [0, 0.05) is 0 Å². The van der Waals surface area contributed by atoms with Crippen molar-refractivity contribution in [1.29, 1.82) is 0 Å². The third-order valence-corrected chi connectivity index (χ3v) is 2.57. The summed E-state index contributed by atoms with van der Waals surface area (Å²) in [5.41, 5.74) is 0.268. The Kier molecular flexibility index (Phi) is 3.43. The largest absolute Gasteiger partial charge is 0.462 e. The number of rotatable bonds is 3. The van der Waals surface area contributed by atoms with Crippen molar-refractivity contribution in [1.82, 2.24) is 5.14 Å². The maximum Gasteiger partial charge on any atom is 0.338 e. The summed E-state index contributed by atoms with van der Waals surface area (Å²) in [5, 5.41) is 6.79. The molecule has 1 radical (unpaired) electrons. The van der Waals surface area contributed by atoms with E-state index in [4.69, 9.17) is 9.88 Å². The van der Waals surface area contributed by atoms with Gasteiger partial charge in [-0.1, -0.05) is 0 Å². The van der Waals surface area contributed by atoms with Crippen LogP contribution in [0.1, 0.15) is 17.3 Å². The van der Waals surface area contributed by atoms with Crippen molar-refractivity contribution in [3.63, 3.8) is 0 Å². The Hall–Kier alpha value is -1.40. The van der Waals surface area contributed by atoms with Crippen LogP contribution in [0.3, 0.4) is 0 Å². The number of sulfonamides is 1. The van der Waals surface area contributed by atoms with E-state index in [1.165, 1.54) is 24.3 Å². The van der Waals surface area contributed by atoms with E-state index in [9.17, 15) is 13.2 Å². The minimum atomic E-state index is -3.96. The Morgan fingerprint density at radius 3 is 2.27 bits per heavy atom. The highest BCUT2D eigenvalue weighted by atomic mass is 32.2. The van der Waals surface area contributed by atoms with Gasteiger partial charge in [0.2, 0.25) is 0 Å². The van der Waals surface area contributed by atoms with Crippen LogP contribution in [0.2, 0.25) is 0 Å². The fraction of sp³-hybridized carbons (Fsp3) is 0.222. The van der Waals surface area contributed by atoms with Crippen LogP contribution < -0.4 is 5.14 Å². The number of hydrogen-bond donors (Lipinski definition) is 0. The summed E-state index contributed by atoms with van der Waals surface area (Å²) in [6.45, 7) is 1.94. The Bertz CT molecular complexity index is 450. The molecule has 0 saturated heterocycles. The second kappa shape index (κ2) is 4.41. The molecule has 0 aromatic heterocycles. The lowest BCUT2D eigenvalue weighted by atomic mass is 10.2. The van der Waals surface area contributed by atoms with Crippen molar-refractivity contribution >= 4 is 16.0 Å². The Morgan fingerprint density at radius 2 is 1.87 bits per heavy atom. The first-order chi connectivity index (χ1) is 6.95. The summed E-state index contributed by atoms with van der Waals surface area (Å²) >= 11 is 0. The minimum absolute atomic E-state index is 0.143. The summed E-state index contributed by atoms with van der Waals surface area (Å²) in [4.78, 5) is 11.0. The maximum atomic E-state index is 11.2. The number of nitrogens with one attached hydrogen (secondary N) is 1. The molecule has 0 unspecified atom stereocenters. The van der Waals surface area contributed by atoms with E-state index >= 15 is 0 Å². The van der Waals surface area contributed by atoms with Crippen LogP contribution in [0.15, 0.2) is 29.2 Å². The van der Waals surface area contributed by atoms with Gasteiger partial charge in [0.1, 0.15) is 0 Å². The van der Waals surface area contributed by atoms with Gasteiger partial charge in [-0.25, -0.2) is 13.2 Å². The number of benzene rings is 1. The van der Waals surface area contributed by atoms with Crippen molar-refractivity contribution in [2.24, 2.45) is 0 Å². The Balaban J connectivity index is 2.96. The van der Waals surface area contributed by atoms with Gasteiger partial charge in [-0.2, -0.15) is 0 Å². The SMILES string of the molecule is CCOC(=O)c1ccc(S([NH])(=O)=O)cc1. The topological polar surface area (TPSA) is 84.2 Å². The molecule has 0 bridgehead atoms. The summed E-state index contributed by atoms with van der Waals surface area (Å²) in [5.74, 6) is -0.508. The van der Waals surface area contributed by atoms with Crippen LogP contribution in [0, 0.1) is 0 Å². The van der Waals surface area contributed by atoms with Crippen molar-refractivity contribution in [3.8, 4) is 0 Å². The van der Waals surface area contributed by atoms with Crippen LogP contribution in [-0.4, -0.2) is 21.0 Å². The molecule has 0 aliphatic rings. The molecule has 1 N–H and O–H groups in total. The Morgan fingerprint density at radius 1 is 1.33 bits per heavy atom. The van der Waals surface area contributed by atoms with Gasteiger partial charge in [-0.3, -0.25) is 0 Å². The quantitative estimate of drug-likeness (QED) is 0.717. The summed E-state index contributed by atoms with van der Waals surface area (Å²) in [7, 11) is -3.96. The minimum Gasteiger partial charge on any atom is -0.462 e. The van der Waals surface area contributed by atoms with Gasteiger partial charge in [-0.05, 0) is 31.2 Å². The molecule has 0 amide bonds. The van der Waals surface area contributed by atoms with Gasteiger partial charge >= 0.3 is 5.97 Å². The van der Waals surface area contributed by atoms with Crippen molar-refractivity contribution in [2.45, 2.75) is 11.8 Å². The van der Waals surface area contributed by atoms with Crippen molar-refractivity contribution in [3.05, 3.63) is 29.8 Å². The molecule has 0 spiro atoms. The van der Waals surface area contributed by atoms with E-state index in [0.717, 1.165) is 0 Å². The number of ether oxygens (including phenoxy) is 1. The van der Waals surface area contributed by atoms with Crippen molar-refractivity contribution < 1.29 is 17.9 Å². The third-order valence-electron chi connectivity index (χ3n) is 1.68. The average molecular weight is 228 g/mol. The number of carbonyl (C=O) groups is 1. The first kappa shape index (κ1) is 11.7. The fourth-order valence-corrected chi connectivity index (χ4v) is 1.48. The molecule has 1 aromatic rings. The molecule has 0 fully saturated rings. The molecule has 0 aliphatic heterocycles. The zero-order valence-corrected chi connectivity index (χ0v) is 8.87. The zero-order chi connectivity index (χ0) is 11.5. The van der Waals surface area contributed by atoms with Crippen molar-refractivity contribution in [2.75, 3.05) is 6.61 Å². The molecule has 6 heteroatoms. The normalized spacial score (nSPS) is 11.1. The van der Waals surface area contributed by atoms with E-state index in [-0.39, 0.29) is 17.1 Å². The lowest BCUT2D eigenvalue weighted by molar-refractivity contribution is 0.0526. The molecular formula is C9H10NO4S. The molecule has 0 saturated carbocycles. The average Bonchev–Trinajstić information content (AvgIpc) is 2.17. The molecule has 5 nitrogen and oxygen atoms in total. The maximum absolute atomic E-state index is 11.2. The van der Waals surface area contributed by atoms with Crippen LogP contribution in [0.25, 0.3) is 0 Å². The molecular weight excluding hydrogens is 218 g/mol. The Labute approximate surface area is 87.9 Å². The first-order valence-electron chi connectivity index (χ1n) is 4.22. The highest BCUT2D eigenvalue weighted by Gasteiger charge is 2.10. The van der Waals surface area contributed by atoms with Gasteiger partial charge in [-0.15, -0.1) is 5.14 Å². The summed E-state index contributed by atoms with van der Waals surface area (Å²) in [6, 6.07) is 5.04. The molecule has 0 atom stereocenters. The number of hydrogen-bond acceptors (Lipinski definition) is 4. The first-order valence-corrected chi connectivity index (χ1v) is 5.70. The fourth-order valence-electron chi connectivity index (χ4n) is 0.985. The van der Waals surface area contributed by atoms with Gasteiger partial charge in [0.15, 0.2) is 0 Å². The molecule has 0 aliphatic carbocycles. The second-order valence-corrected chi connectivity index (χ2v) is 4.23. The molecule has 15 heavy (non-hydrogen) atoms. The smallest absolute Gasteiger partial charge is 0.338 e. The highest BCUT2D eigenvalue weighted by molar-refractivity contribution is 7.88.